The maximum Gasteiger partial charge on any atom is 0.214 e. The maximum atomic E-state index is 3.58. The fraction of sp³-hybridized carbons (Fsp3) is 0.0455. The minimum Gasteiger partial charge on any atom is -1.00 e. The van der Waals surface area contributed by atoms with Gasteiger partial charge in [-0.15, -0.1) is 0 Å². The summed E-state index contributed by atoms with van der Waals surface area (Å²) in [6.45, 7) is 1.60. The zero-order chi connectivity index (χ0) is 32.1. The summed E-state index contributed by atoms with van der Waals surface area (Å²) in [5.74, 6) is 0. The van der Waals surface area contributed by atoms with Gasteiger partial charge in [-0.1, -0.05) is 109 Å². The Bertz CT molecular complexity index is 2160. The van der Waals surface area contributed by atoms with E-state index in [1.807, 2.05) is 12.1 Å². The molecule has 0 bridgehead atoms. The number of nitrogens with one attached hydrogen (secondary N) is 2. The van der Waals surface area contributed by atoms with E-state index in [0.29, 0.717) is 0 Å². The van der Waals surface area contributed by atoms with Crippen LogP contribution in [-0.4, -0.2) is 0 Å². The van der Waals surface area contributed by atoms with E-state index in [0.717, 1.165) is 35.8 Å². The molecular weight excluding hydrogens is 744 g/mol. The summed E-state index contributed by atoms with van der Waals surface area (Å²) >= 11 is 0. The molecule has 0 saturated carbocycles. The first-order valence-electron chi connectivity index (χ1n) is 16.4. The van der Waals surface area contributed by atoms with E-state index in [9.17, 15) is 0 Å². The summed E-state index contributed by atoms with van der Waals surface area (Å²) in [4.78, 5) is 0. The van der Waals surface area contributed by atoms with E-state index in [1.165, 1.54) is 44.1 Å². The second kappa shape index (κ2) is 15.9. The van der Waals surface area contributed by atoms with E-state index >= 15 is 0 Å². The van der Waals surface area contributed by atoms with Crippen LogP contribution in [0.3, 0.4) is 0 Å². The molecular formula is C44H36Br2N4. The standard InChI is InChI=1S/C44H34N4.2BrH/c1-3-11-37(12-4-1)45-41-27-29-47(43-17-9-7-15-39(41)43)31-33-19-23-35(24-20-33)36-25-21-34(22-26-36)32-48-30-28-42(40-16-8-10-18-44(40)48)46-38-13-5-2-6-14-38;;/h1-30H,31-32H2;2*1H. The van der Waals surface area contributed by atoms with Gasteiger partial charge in [0.2, 0.25) is 11.0 Å². The van der Waals surface area contributed by atoms with E-state index in [1.54, 1.807) is 0 Å². The number of pyridine rings is 2. The molecule has 246 valence electrons. The van der Waals surface area contributed by atoms with Gasteiger partial charge < -0.3 is 44.6 Å². The van der Waals surface area contributed by atoms with Crippen molar-refractivity contribution in [3.63, 3.8) is 0 Å². The monoisotopic (exact) mass is 778 g/mol. The predicted molar refractivity (Wildman–Crippen MR) is 198 cm³/mol. The molecule has 50 heavy (non-hydrogen) atoms. The van der Waals surface area contributed by atoms with Crippen LogP contribution < -0.4 is 53.7 Å². The average Bonchev–Trinajstić information content (AvgIpc) is 3.15. The van der Waals surface area contributed by atoms with Gasteiger partial charge in [0.1, 0.15) is 0 Å². The molecule has 0 aliphatic carbocycles. The van der Waals surface area contributed by atoms with Crippen LogP contribution in [0.25, 0.3) is 32.9 Å². The Balaban J connectivity index is 0.00000216. The summed E-state index contributed by atoms with van der Waals surface area (Å²) in [7, 11) is 0. The van der Waals surface area contributed by atoms with Crippen LogP contribution in [0.2, 0.25) is 0 Å². The van der Waals surface area contributed by atoms with Crippen LogP contribution >= 0.6 is 0 Å². The third-order valence-electron chi connectivity index (χ3n) is 8.90. The molecule has 0 radical (unpaired) electrons. The lowest BCUT2D eigenvalue weighted by molar-refractivity contribution is -0.662. The van der Waals surface area contributed by atoms with Gasteiger partial charge in [0.15, 0.2) is 25.5 Å². The summed E-state index contributed by atoms with van der Waals surface area (Å²) < 4.78 is 4.64. The summed E-state index contributed by atoms with van der Waals surface area (Å²) in [5, 5.41) is 9.56. The Morgan fingerprint density at radius 3 is 1.12 bits per heavy atom. The zero-order valence-electron chi connectivity index (χ0n) is 27.4. The molecule has 8 rings (SSSR count). The smallest absolute Gasteiger partial charge is 0.214 e. The Hall–Kier alpha value is -5.30. The van der Waals surface area contributed by atoms with Crippen LogP contribution in [-0.2, 0) is 13.1 Å². The molecule has 6 heteroatoms. The number of anilines is 4. The molecule has 0 spiro atoms. The third kappa shape index (κ3) is 7.62. The molecule has 0 aliphatic rings. The van der Waals surface area contributed by atoms with E-state index in [4.69, 9.17) is 0 Å². The van der Waals surface area contributed by atoms with Crippen molar-refractivity contribution >= 4 is 44.6 Å². The highest BCUT2D eigenvalue weighted by Crippen LogP contribution is 2.27. The Morgan fingerprint density at radius 1 is 0.360 bits per heavy atom. The topological polar surface area (TPSA) is 31.8 Å². The van der Waals surface area contributed by atoms with Gasteiger partial charge in [0, 0.05) is 46.8 Å². The lowest BCUT2D eigenvalue weighted by atomic mass is 10.0. The van der Waals surface area contributed by atoms with E-state index < -0.39 is 0 Å². The normalized spacial score (nSPS) is 10.6. The second-order valence-electron chi connectivity index (χ2n) is 12.1. The molecule has 2 aromatic heterocycles. The number of hydrogen-bond acceptors (Lipinski definition) is 2. The Morgan fingerprint density at radius 2 is 0.720 bits per heavy atom. The van der Waals surface area contributed by atoms with Crippen molar-refractivity contribution in [3.05, 3.63) is 193 Å². The van der Waals surface area contributed by atoms with Crippen LogP contribution in [0.5, 0.6) is 0 Å². The highest BCUT2D eigenvalue weighted by molar-refractivity contribution is 5.91. The summed E-state index contributed by atoms with van der Waals surface area (Å²) in [5.41, 5.74) is 11.8. The molecule has 0 aliphatic heterocycles. The van der Waals surface area contributed by atoms with Crippen molar-refractivity contribution in [2.24, 2.45) is 0 Å². The minimum atomic E-state index is 0. The second-order valence-corrected chi connectivity index (χ2v) is 12.1. The SMILES string of the molecule is [Br-].[Br-].c1ccc(Nc2cc[n+](Cc3ccc(-c4ccc(C[n+]5ccc(Nc6ccccc6)c6ccccc65)cc4)cc3)c3ccccc23)cc1. The van der Waals surface area contributed by atoms with Gasteiger partial charge in [0.05, 0.1) is 22.1 Å². The molecule has 4 nitrogen and oxygen atoms in total. The minimum absolute atomic E-state index is 0. The molecule has 0 fully saturated rings. The van der Waals surface area contributed by atoms with Crippen molar-refractivity contribution in [2.75, 3.05) is 10.6 Å². The lowest BCUT2D eigenvalue weighted by Gasteiger charge is -2.10. The highest BCUT2D eigenvalue weighted by atomic mass is 79.9. The molecule has 2 heterocycles. The number of nitrogens with zero attached hydrogens (tertiary/aromatic N) is 2. The van der Waals surface area contributed by atoms with Crippen LogP contribution in [0.1, 0.15) is 11.1 Å². The molecule has 2 N–H and O–H groups in total. The van der Waals surface area contributed by atoms with Gasteiger partial charge in [-0.2, -0.15) is 9.13 Å². The third-order valence-corrected chi connectivity index (χ3v) is 8.90. The fourth-order valence-corrected chi connectivity index (χ4v) is 6.42. The van der Waals surface area contributed by atoms with Crippen LogP contribution in [0.4, 0.5) is 22.7 Å². The van der Waals surface area contributed by atoms with Gasteiger partial charge in [-0.3, -0.25) is 0 Å². The quantitative estimate of drug-likeness (QED) is 0.219. The predicted octanol–water partition coefficient (Wildman–Crippen LogP) is 3.83. The van der Waals surface area contributed by atoms with Gasteiger partial charge in [-0.25, -0.2) is 0 Å². The molecule has 0 atom stereocenters. The maximum absolute atomic E-state index is 3.58. The molecule has 0 saturated heterocycles. The molecule has 8 aromatic rings. The Kier molecular flexibility index (Phi) is 11.0. The van der Waals surface area contributed by atoms with Crippen molar-refractivity contribution in [2.45, 2.75) is 13.1 Å². The average molecular weight is 781 g/mol. The van der Waals surface area contributed by atoms with E-state index in [-0.39, 0.29) is 34.0 Å². The lowest BCUT2D eigenvalue weighted by Crippen LogP contribution is -3.00. The molecule has 6 aromatic carbocycles. The van der Waals surface area contributed by atoms with Crippen molar-refractivity contribution < 1.29 is 43.1 Å². The van der Waals surface area contributed by atoms with E-state index in [2.05, 4.69) is 190 Å². The van der Waals surface area contributed by atoms with Gasteiger partial charge >= 0.3 is 0 Å². The number of fused-ring (bicyclic) bond motifs is 2. The zero-order valence-corrected chi connectivity index (χ0v) is 30.6. The number of halogens is 2. The van der Waals surface area contributed by atoms with Crippen molar-refractivity contribution in [3.8, 4) is 11.1 Å². The first kappa shape index (κ1) is 34.6. The largest absolute Gasteiger partial charge is 1.00 e. The highest BCUT2D eigenvalue weighted by Gasteiger charge is 2.15. The number of para-hydroxylation sites is 4. The molecule has 0 amide bonds. The summed E-state index contributed by atoms with van der Waals surface area (Å²) in [6.07, 6.45) is 4.35. The van der Waals surface area contributed by atoms with Crippen LogP contribution in [0, 0.1) is 0 Å². The summed E-state index contributed by atoms with van der Waals surface area (Å²) in [6, 6.07) is 60.1. The fourth-order valence-electron chi connectivity index (χ4n) is 6.42. The van der Waals surface area contributed by atoms with Gasteiger partial charge in [0.25, 0.3) is 0 Å². The first-order chi connectivity index (χ1) is 23.8. The van der Waals surface area contributed by atoms with Crippen molar-refractivity contribution in [1.82, 2.24) is 0 Å². The van der Waals surface area contributed by atoms with Crippen molar-refractivity contribution in [1.29, 1.82) is 0 Å². The number of hydrogen-bond donors (Lipinski definition) is 2. The first-order valence-corrected chi connectivity index (χ1v) is 16.4. The Labute approximate surface area is 314 Å². The molecule has 0 unspecified atom stereocenters. The number of benzene rings is 6. The van der Waals surface area contributed by atoms with Crippen LogP contribution in [0.15, 0.2) is 182 Å². The number of rotatable bonds is 9. The number of aromatic nitrogens is 2. The van der Waals surface area contributed by atoms with Gasteiger partial charge in [-0.05, 0) is 47.5 Å².